The van der Waals surface area contributed by atoms with E-state index in [-0.39, 0.29) is 11.6 Å². The fraction of sp³-hybridized carbons (Fsp3) is 0.667. The molecule has 1 saturated heterocycles. The Balaban J connectivity index is 1.58. The van der Waals surface area contributed by atoms with Crippen LogP contribution in [0.3, 0.4) is 0 Å². The van der Waals surface area contributed by atoms with E-state index in [0.717, 1.165) is 0 Å². The number of amides is 1. The van der Waals surface area contributed by atoms with Crippen LogP contribution in [0.4, 0.5) is 0 Å². The second-order valence-electron chi connectivity index (χ2n) is 4.67. The minimum absolute atomic E-state index is 0.0718. The first-order chi connectivity index (χ1) is 10.2. The quantitative estimate of drug-likeness (QED) is 0.609. The van der Waals surface area contributed by atoms with E-state index >= 15 is 0 Å². The van der Waals surface area contributed by atoms with Crippen molar-refractivity contribution in [1.82, 2.24) is 25.2 Å². The zero-order chi connectivity index (χ0) is 15.1. The molecule has 0 aromatic carbocycles. The van der Waals surface area contributed by atoms with Crippen LogP contribution in [0.1, 0.15) is 16.9 Å². The summed E-state index contributed by atoms with van der Waals surface area (Å²) in [5.41, 5.74) is -0.0718. The molecule has 9 heteroatoms. The summed E-state index contributed by atoms with van der Waals surface area (Å²) in [5.74, 6) is -0.968. The van der Waals surface area contributed by atoms with Crippen molar-refractivity contribution >= 4 is 11.9 Å². The van der Waals surface area contributed by atoms with Crippen LogP contribution in [0.2, 0.25) is 0 Å². The van der Waals surface area contributed by atoms with Crippen LogP contribution in [0.5, 0.6) is 0 Å². The molecule has 0 spiro atoms. The molecule has 1 aliphatic rings. The molecule has 116 valence electrons. The van der Waals surface area contributed by atoms with Crippen molar-refractivity contribution in [2.75, 3.05) is 39.4 Å². The van der Waals surface area contributed by atoms with E-state index in [2.05, 4.69) is 15.6 Å². The number of morpholine rings is 1. The number of hydrogen-bond acceptors (Lipinski definition) is 6. The maximum absolute atomic E-state index is 11.8. The standard InChI is InChI=1S/C12H19N5O4/c18-11(16-5-7-21-8-6-16)1-2-13-3-4-17-9-10(12(19)20)14-15-17/h9,13H,1-8H2,(H,19,20). The highest BCUT2D eigenvalue weighted by atomic mass is 16.5. The molecule has 0 bridgehead atoms. The molecule has 9 nitrogen and oxygen atoms in total. The Hall–Kier alpha value is -2.00. The van der Waals surface area contributed by atoms with Gasteiger partial charge in [0.05, 0.1) is 26.0 Å². The average molecular weight is 297 g/mol. The van der Waals surface area contributed by atoms with Gasteiger partial charge in [0.25, 0.3) is 0 Å². The summed E-state index contributed by atoms with van der Waals surface area (Å²) in [6.45, 7) is 4.22. The molecule has 1 aliphatic heterocycles. The molecule has 2 rings (SSSR count). The molecule has 21 heavy (non-hydrogen) atoms. The van der Waals surface area contributed by atoms with Crippen molar-refractivity contribution in [3.8, 4) is 0 Å². The van der Waals surface area contributed by atoms with Crippen molar-refractivity contribution in [2.45, 2.75) is 13.0 Å². The van der Waals surface area contributed by atoms with Crippen molar-refractivity contribution in [3.05, 3.63) is 11.9 Å². The van der Waals surface area contributed by atoms with Crippen LogP contribution in [0.15, 0.2) is 6.20 Å². The lowest BCUT2D eigenvalue weighted by atomic mass is 10.3. The number of ether oxygens (including phenoxy) is 1. The molecule has 0 atom stereocenters. The van der Waals surface area contributed by atoms with Crippen molar-refractivity contribution in [1.29, 1.82) is 0 Å². The normalized spacial score (nSPS) is 15.1. The number of aromatic nitrogens is 3. The number of carbonyl (C=O) groups is 2. The maximum atomic E-state index is 11.8. The van der Waals surface area contributed by atoms with Crippen molar-refractivity contribution < 1.29 is 19.4 Å². The van der Waals surface area contributed by atoms with Crippen LogP contribution in [-0.2, 0) is 16.1 Å². The third kappa shape index (κ3) is 4.80. The number of rotatable bonds is 7. The smallest absolute Gasteiger partial charge is 0.358 e. The predicted molar refractivity (Wildman–Crippen MR) is 71.9 cm³/mol. The Bertz CT molecular complexity index is 484. The van der Waals surface area contributed by atoms with E-state index in [4.69, 9.17) is 9.84 Å². The summed E-state index contributed by atoms with van der Waals surface area (Å²) in [4.78, 5) is 24.3. The van der Waals surface area contributed by atoms with Crippen molar-refractivity contribution in [3.63, 3.8) is 0 Å². The van der Waals surface area contributed by atoms with E-state index in [9.17, 15) is 9.59 Å². The van der Waals surface area contributed by atoms with Crippen LogP contribution in [0, 0.1) is 0 Å². The van der Waals surface area contributed by atoms with Gasteiger partial charge in [-0.05, 0) is 0 Å². The molecule has 0 unspecified atom stereocenters. The Labute approximate surface area is 121 Å². The van der Waals surface area contributed by atoms with Gasteiger partial charge in [0.15, 0.2) is 5.69 Å². The topological polar surface area (TPSA) is 110 Å². The minimum atomic E-state index is -1.09. The lowest BCUT2D eigenvalue weighted by molar-refractivity contribution is -0.135. The number of carboxylic acids is 1. The van der Waals surface area contributed by atoms with Crippen LogP contribution < -0.4 is 5.32 Å². The molecule has 1 fully saturated rings. The minimum Gasteiger partial charge on any atom is -0.476 e. The van der Waals surface area contributed by atoms with E-state index in [1.807, 2.05) is 4.90 Å². The zero-order valence-corrected chi connectivity index (χ0v) is 11.7. The van der Waals surface area contributed by atoms with Crippen LogP contribution in [-0.4, -0.2) is 76.3 Å². The van der Waals surface area contributed by atoms with Gasteiger partial charge in [-0.1, -0.05) is 5.21 Å². The summed E-state index contributed by atoms with van der Waals surface area (Å²) >= 11 is 0. The molecule has 0 aliphatic carbocycles. The molecule has 2 heterocycles. The maximum Gasteiger partial charge on any atom is 0.358 e. The average Bonchev–Trinajstić information content (AvgIpc) is 2.97. The van der Waals surface area contributed by atoms with E-state index in [1.165, 1.54) is 10.9 Å². The third-order valence-corrected chi connectivity index (χ3v) is 3.15. The van der Waals surface area contributed by atoms with Gasteiger partial charge in [-0.15, -0.1) is 5.10 Å². The van der Waals surface area contributed by atoms with E-state index in [0.29, 0.717) is 52.4 Å². The number of carboxylic acid groups (broad SMARTS) is 1. The number of nitrogens with one attached hydrogen (secondary N) is 1. The van der Waals surface area contributed by atoms with Gasteiger partial charge >= 0.3 is 5.97 Å². The van der Waals surface area contributed by atoms with Gasteiger partial charge in [-0.3, -0.25) is 9.48 Å². The number of nitrogens with zero attached hydrogens (tertiary/aromatic N) is 4. The Morgan fingerprint density at radius 1 is 1.33 bits per heavy atom. The van der Waals surface area contributed by atoms with Crippen LogP contribution in [0.25, 0.3) is 0 Å². The van der Waals surface area contributed by atoms with Gasteiger partial charge in [0, 0.05) is 32.6 Å². The number of hydrogen-bond donors (Lipinski definition) is 2. The summed E-state index contributed by atoms with van der Waals surface area (Å²) in [6, 6.07) is 0. The van der Waals surface area contributed by atoms with Gasteiger partial charge < -0.3 is 20.1 Å². The highest BCUT2D eigenvalue weighted by molar-refractivity contribution is 5.84. The molecule has 0 radical (unpaired) electrons. The van der Waals surface area contributed by atoms with Gasteiger partial charge in [-0.2, -0.15) is 0 Å². The second-order valence-corrected chi connectivity index (χ2v) is 4.67. The van der Waals surface area contributed by atoms with Crippen molar-refractivity contribution in [2.24, 2.45) is 0 Å². The molecule has 1 aromatic heterocycles. The van der Waals surface area contributed by atoms with Crippen LogP contribution >= 0.6 is 0 Å². The molecular formula is C12H19N5O4. The first-order valence-corrected chi connectivity index (χ1v) is 6.86. The summed E-state index contributed by atoms with van der Waals surface area (Å²) in [5, 5.41) is 19.1. The van der Waals surface area contributed by atoms with Gasteiger partial charge in [0.2, 0.25) is 5.91 Å². The van der Waals surface area contributed by atoms with E-state index in [1.54, 1.807) is 0 Å². The molecular weight excluding hydrogens is 278 g/mol. The largest absolute Gasteiger partial charge is 0.476 e. The molecule has 1 aromatic rings. The summed E-state index contributed by atoms with van der Waals surface area (Å²) < 4.78 is 6.65. The van der Waals surface area contributed by atoms with Gasteiger partial charge in [0.1, 0.15) is 0 Å². The zero-order valence-electron chi connectivity index (χ0n) is 11.7. The lowest BCUT2D eigenvalue weighted by Crippen LogP contribution is -2.41. The Morgan fingerprint density at radius 3 is 2.76 bits per heavy atom. The third-order valence-electron chi connectivity index (χ3n) is 3.15. The Morgan fingerprint density at radius 2 is 2.10 bits per heavy atom. The predicted octanol–water partition coefficient (Wildman–Crippen LogP) is -1.19. The first kappa shape index (κ1) is 15.4. The monoisotopic (exact) mass is 297 g/mol. The molecule has 0 saturated carbocycles. The fourth-order valence-electron chi connectivity index (χ4n) is 1.99. The fourth-order valence-corrected chi connectivity index (χ4v) is 1.99. The van der Waals surface area contributed by atoms with Gasteiger partial charge in [-0.25, -0.2) is 4.79 Å². The number of aromatic carboxylic acids is 1. The van der Waals surface area contributed by atoms with E-state index < -0.39 is 5.97 Å². The first-order valence-electron chi connectivity index (χ1n) is 6.86. The highest BCUT2D eigenvalue weighted by Crippen LogP contribution is 1.99. The Kier molecular flexibility index (Phi) is 5.64. The molecule has 2 N–H and O–H groups in total. The molecule has 1 amide bonds. The number of carbonyl (C=O) groups excluding carboxylic acids is 1. The summed E-state index contributed by atoms with van der Waals surface area (Å²) in [7, 11) is 0. The SMILES string of the molecule is O=C(O)c1cn(CCNCCC(=O)N2CCOCC2)nn1. The highest BCUT2D eigenvalue weighted by Gasteiger charge is 2.15. The summed E-state index contributed by atoms with van der Waals surface area (Å²) in [6.07, 6.45) is 1.82. The lowest BCUT2D eigenvalue weighted by Gasteiger charge is -2.26. The second kappa shape index (κ2) is 7.70.